The Bertz CT molecular complexity index is 1160. The minimum absolute atomic E-state index is 0.0327. The van der Waals surface area contributed by atoms with Crippen molar-refractivity contribution in [3.05, 3.63) is 54.5 Å². The van der Waals surface area contributed by atoms with Crippen LogP contribution in [0.5, 0.6) is 0 Å². The van der Waals surface area contributed by atoms with E-state index in [4.69, 9.17) is 16.1 Å². The molecule has 1 aliphatic rings. The first-order valence-electron chi connectivity index (χ1n) is 12.0. The number of aliphatic carboxylic acids is 1. The fraction of sp³-hybridized carbons (Fsp3) is 0.423. The molecule has 0 radical (unpaired) electrons. The number of hydrogen-bond donors (Lipinski definition) is 4. The van der Waals surface area contributed by atoms with E-state index in [-0.39, 0.29) is 12.3 Å². The summed E-state index contributed by atoms with van der Waals surface area (Å²) >= 11 is 4.30. The number of nitriles is 1. The van der Waals surface area contributed by atoms with Crippen molar-refractivity contribution in [2.75, 3.05) is 13.1 Å². The number of piperidine rings is 1. The van der Waals surface area contributed by atoms with Gasteiger partial charge >= 0.3 is 5.97 Å². The molecule has 4 N–H and O–H groups in total. The number of carbonyl (C=O) groups excluding carboxylic acids is 1. The predicted octanol–water partition coefficient (Wildman–Crippen LogP) is 4.03. The maximum Gasteiger partial charge on any atom is 0.303 e. The Hall–Kier alpha value is -3.22. The van der Waals surface area contributed by atoms with Gasteiger partial charge in [0.2, 0.25) is 5.91 Å². The number of aromatic nitrogens is 2. The number of aryl methyl sites for hydroxylation is 1. The third-order valence-corrected chi connectivity index (χ3v) is 6.83. The topological polar surface area (TPSA) is 128 Å². The van der Waals surface area contributed by atoms with Crippen molar-refractivity contribution in [1.82, 2.24) is 14.5 Å². The van der Waals surface area contributed by atoms with Crippen LogP contribution in [0.2, 0.25) is 0 Å². The molecule has 1 aromatic carbocycles. The number of rotatable bonds is 8. The molecule has 1 saturated heterocycles. The van der Waals surface area contributed by atoms with Crippen LogP contribution in [0, 0.1) is 17.2 Å². The van der Waals surface area contributed by atoms with E-state index in [1.165, 1.54) is 5.39 Å². The Balaban J connectivity index is 0.000000281. The number of likely N-dealkylation sites (tertiary alicyclic amines) is 1. The van der Waals surface area contributed by atoms with Crippen molar-refractivity contribution in [2.45, 2.75) is 56.0 Å². The van der Waals surface area contributed by atoms with Gasteiger partial charge in [0.15, 0.2) is 0 Å². The van der Waals surface area contributed by atoms with Gasteiger partial charge in [0.25, 0.3) is 0 Å². The smallest absolute Gasteiger partial charge is 0.303 e. The maximum atomic E-state index is 12.5. The SMILES string of the molecule is N#Cc1cccn1CCC(N)C(=O)N1CCC(CCCC(=O)O)CC1.Sc1cccc2[nH]ccc12. The number of nitrogens with two attached hydrogens (primary N) is 1. The highest BCUT2D eigenvalue weighted by molar-refractivity contribution is 7.80. The van der Waals surface area contributed by atoms with Crippen LogP contribution in [-0.4, -0.2) is 50.6 Å². The molecule has 1 atom stereocenters. The fourth-order valence-corrected chi connectivity index (χ4v) is 4.68. The summed E-state index contributed by atoms with van der Waals surface area (Å²) in [6.07, 6.45) is 7.89. The lowest BCUT2D eigenvalue weighted by Crippen LogP contribution is -2.47. The number of benzene rings is 1. The summed E-state index contributed by atoms with van der Waals surface area (Å²) in [4.78, 5) is 29.0. The summed E-state index contributed by atoms with van der Waals surface area (Å²) in [6.45, 7) is 1.93. The second kappa shape index (κ2) is 13.0. The van der Waals surface area contributed by atoms with Crippen LogP contribution in [0.15, 0.2) is 53.7 Å². The van der Waals surface area contributed by atoms with E-state index >= 15 is 0 Å². The summed E-state index contributed by atoms with van der Waals surface area (Å²) < 4.78 is 1.81. The Morgan fingerprint density at radius 3 is 2.69 bits per heavy atom. The van der Waals surface area contributed by atoms with Gasteiger partial charge in [-0.15, -0.1) is 12.6 Å². The summed E-state index contributed by atoms with van der Waals surface area (Å²) in [6, 6.07) is 13.1. The lowest BCUT2D eigenvalue weighted by atomic mass is 9.91. The number of H-pyrrole nitrogens is 1. The molecule has 0 saturated carbocycles. The van der Waals surface area contributed by atoms with E-state index in [0.29, 0.717) is 44.1 Å². The molecular formula is C26H33N5O3S. The summed E-state index contributed by atoms with van der Waals surface area (Å²) in [5, 5.41) is 18.9. The number of nitrogens with one attached hydrogen (secondary N) is 1. The Kier molecular flexibility index (Phi) is 9.82. The number of fused-ring (bicyclic) bond motifs is 1. The highest BCUT2D eigenvalue weighted by atomic mass is 32.1. The van der Waals surface area contributed by atoms with Gasteiger partial charge in [0, 0.05) is 54.2 Å². The largest absolute Gasteiger partial charge is 0.481 e. The third-order valence-electron chi connectivity index (χ3n) is 6.44. The average molecular weight is 496 g/mol. The molecule has 1 fully saturated rings. The minimum atomic E-state index is -0.749. The molecule has 4 rings (SSSR count). The second-order valence-corrected chi connectivity index (χ2v) is 9.35. The number of amides is 1. The quantitative estimate of drug-likeness (QED) is 0.351. The highest BCUT2D eigenvalue weighted by Gasteiger charge is 2.26. The van der Waals surface area contributed by atoms with Gasteiger partial charge in [0.1, 0.15) is 11.8 Å². The number of nitrogens with zero attached hydrogens (tertiary/aromatic N) is 3. The molecular weight excluding hydrogens is 462 g/mol. The zero-order valence-corrected chi connectivity index (χ0v) is 20.7. The first-order valence-corrected chi connectivity index (χ1v) is 12.4. The maximum absolute atomic E-state index is 12.5. The zero-order chi connectivity index (χ0) is 25.2. The predicted molar refractivity (Wildman–Crippen MR) is 138 cm³/mol. The Labute approximate surface area is 211 Å². The van der Waals surface area contributed by atoms with Gasteiger partial charge in [-0.1, -0.05) is 6.07 Å². The number of thiol groups is 1. The lowest BCUT2D eigenvalue weighted by molar-refractivity contribution is -0.137. The molecule has 1 unspecified atom stereocenters. The van der Waals surface area contributed by atoms with Crippen molar-refractivity contribution in [2.24, 2.45) is 11.7 Å². The summed E-state index contributed by atoms with van der Waals surface area (Å²) in [7, 11) is 0. The van der Waals surface area contributed by atoms with E-state index in [9.17, 15) is 9.59 Å². The molecule has 0 spiro atoms. The zero-order valence-electron chi connectivity index (χ0n) is 19.8. The van der Waals surface area contributed by atoms with E-state index in [1.54, 1.807) is 12.1 Å². The van der Waals surface area contributed by atoms with E-state index in [0.717, 1.165) is 29.7 Å². The number of aromatic amines is 1. The molecule has 35 heavy (non-hydrogen) atoms. The van der Waals surface area contributed by atoms with Gasteiger partial charge in [0.05, 0.1) is 6.04 Å². The van der Waals surface area contributed by atoms with Crippen LogP contribution in [0.4, 0.5) is 0 Å². The number of carboxylic acid groups (broad SMARTS) is 1. The Morgan fingerprint density at radius 1 is 1.23 bits per heavy atom. The molecule has 3 heterocycles. The monoisotopic (exact) mass is 495 g/mol. The summed E-state index contributed by atoms with van der Waals surface area (Å²) in [5.41, 5.74) is 7.77. The van der Waals surface area contributed by atoms with Crippen molar-refractivity contribution >= 4 is 35.4 Å². The van der Waals surface area contributed by atoms with Crippen molar-refractivity contribution in [3.8, 4) is 6.07 Å². The lowest BCUT2D eigenvalue weighted by Gasteiger charge is -2.33. The first-order chi connectivity index (χ1) is 16.9. The molecule has 0 bridgehead atoms. The molecule has 8 nitrogen and oxygen atoms in total. The van der Waals surface area contributed by atoms with Crippen molar-refractivity contribution in [1.29, 1.82) is 5.26 Å². The van der Waals surface area contributed by atoms with E-state index in [2.05, 4.69) is 23.7 Å². The second-order valence-electron chi connectivity index (χ2n) is 8.86. The van der Waals surface area contributed by atoms with Crippen molar-refractivity contribution in [3.63, 3.8) is 0 Å². The van der Waals surface area contributed by atoms with Gasteiger partial charge < -0.3 is 25.3 Å². The number of hydrogen-bond acceptors (Lipinski definition) is 5. The van der Waals surface area contributed by atoms with Gasteiger partial charge in [-0.05, 0) is 68.4 Å². The fourth-order valence-electron chi connectivity index (χ4n) is 4.40. The van der Waals surface area contributed by atoms with Gasteiger partial charge in [-0.25, -0.2) is 0 Å². The molecule has 2 aromatic heterocycles. The molecule has 9 heteroatoms. The van der Waals surface area contributed by atoms with Crippen molar-refractivity contribution < 1.29 is 14.7 Å². The summed E-state index contributed by atoms with van der Waals surface area (Å²) in [5.74, 6) is -0.284. The van der Waals surface area contributed by atoms with Gasteiger partial charge in [-0.3, -0.25) is 9.59 Å². The van der Waals surface area contributed by atoms with Crippen LogP contribution < -0.4 is 5.73 Å². The van der Waals surface area contributed by atoms with Crippen LogP contribution in [0.1, 0.15) is 44.2 Å². The van der Waals surface area contributed by atoms with Gasteiger partial charge in [-0.2, -0.15) is 5.26 Å². The third kappa shape index (κ3) is 7.64. The average Bonchev–Trinajstić information content (AvgIpc) is 3.53. The molecule has 1 aliphatic heterocycles. The molecule has 0 aliphatic carbocycles. The van der Waals surface area contributed by atoms with E-state index in [1.807, 2.05) is 46.1 Å². The number of carbonyl (C=O) groups is 2. The van der Waals surface area contributed by atoms with Crippen LogP contribution in [0.25, 0.3) is 10.9 Å². The first kappa shape index (κ1) is 26.4. The normalized spacial score (nSPS) is 14.7. The number of carboxylic acids is 1. The standard InChI is InChI=1S/C18H26N4O3.C8H7NS/c19-13-15-4-2-9-21(15)12-8-16(20)18(25)22-10-6-14(7-11-22)3-1-5-17(23)24;10-8-3-1-2-7-6(8)4-5-9-7/h2,4,9,14,16H,1,3,5-8,10-12,20H2,(H,23,24);1-5,9-10H. The molecule has 1 amide bonds. The van der Waals surface area contributed by atoms with Crippen LogP contribution in [-0.2, 0) is 16.1 Å². The van der Waals surface area contributed by atoms with E-state index < -0.39 is 12.0 Å². The highest BCUT2D eigenvalue weighted by Crippen LogP contribution is 2.23. The molecule has 3 aromatic rings. The molecule has 186 valence electrons. The van der Waals surface area contributed by atoms with Crippen LogP contribution in [0.3, 0.4) is 0 Å². The Morgan fingerprint density at radius 2 is 2.00 bits per heavy atom. The minimum Gasteiger partial charge on any atom is -0.481 e. The van der Waals surface area contributed by atoms with Crippen LogP contribution >= 0.6 is 12.6 Å².